The third-order valence-electron chi connectivity index (χ3n) is 6.11. The Kier molecular flexibility index (Phi) is 7.49. The Morgan fingerprint density at radius 1 is 1.03 bits per heavy atom. The number of rotatable bonds is 7. The molecule has 2 aliphatic heterocycles. The first-order valence-corrected chi connectivity index (χ1v) is 11.5. The van der Waals surface area contributed by atoms with E-state index in [1.54, 1.807) is 0 Å². The number of aromatic nitrogens is 4. The smallest absolute Gasteiger partial charge is 0.264 e. The van der Waals surface area contributed by atoms with Gasteiger partial charge in [0.15, 0.2) is 5.82 Å². The summed E-state index contributed by atoms with van der Waals surface area (Å²) < 4.78 is 39.1. The van der Waals surface area contributed by atoms with Crippen LogP contribution in [0.4, 0.5) is 26.5 Å². The molecule has 0 spiro atoms. The van der Waals surface area contributed by atoms with Crippen molar-refractivity contribution in [1.29, 1.82) is 0 Å². The third-order valence-corrected chi connectivity index (χ3v) is 6.11. The van der Waals surface area contributed by atoms with Gasteiger partial charge in [-0.1, -0.05) is 20.3 Å². The van der Waals surface area contributed by atoms with E-state index in [0.717, 1.165) is 19.3 Å². The average Bonchev–Trinajstić information content (AvgIpc) is 2.84. The molecule has 0 radical (unpaired) electrons. The number of hydrogen-bond donors (Lipinski definition) is 1. The molecule has 0 aliphatic carbocycles. The highest BCUT2D eigenvalue weighted by atomic mass is 19.3. The molecule has 0 unspecified atom stereocenters. The van der Waals surface area contributed by atoms with Gasteiger partial charge in [0.25, 0.3) is 6.43 Å². The molecule has 2 aromatic heterocycles. The van der Waals surface area contributed by atoms with Crippen molar-refractivity contribution in [3.05, 3.63) is 17.8 Å². The van der Waals surface area contributed by atoms with Crippen LogP contribution < -0.4 is 15.5 Å². The Bertz CT molecular complexity index is 947. The second-order valence-corrected chi connectivity index (χ2v) is 8.30. The average molecular weight is 464 g/mol. The van der Waals surface area contributed by atoms with E-state index in [0.29, 0.717) is 51.4 Å². The van der Waals surface area contributed by atoms with Gasteiger partial charge in [0.05, 0.1) is 38.5 Å². The summed E-state index contributed by atoms with van der Waals surface area (Å²) in [5.41, 5.74) is 5.60. The Labute approximate surface area is 192 Å². The SMILES string of the molecule is CCC[C@@H]1COCCN1c1nc(-c2cnc(N)cc2C(F)F)nc(N2CCOC[C@H]2CC)n1. The number of nitrogens with two attached hydrogens (primary N) is 1. The minimum Gasteiger partial charge on any atom is -0.384 e. The maximum absolute atomic E-state index is 13.9. The van der Waals surface area contributed by atoms with Crippen molar-refractivity contribution in [1.82, 2.24) is 19.9 Å². The lowest BCUT2D eigenvalue weighted by Crippen LogP contribution is -2.48. The van der Waals surface area contributed by atoms with E-state index in [2.05, 4.69) is 38.6 Å². The van der Waals surface area contributed by atoms with Crippen LogP contribution in [0.15, 0.2) is 12.3 Å². The summed E-state index contributed by atoms with van der Waals surface area (Å²) in [5.74, 6) is 1.12. The number of pyridine rings is 1. The topological polar surface area (TPSA) is 103 Å². The van der Waals surface area contributed by atoms with Gasteiger partial charge in [-0.2, -0.15) is 15.0 Å². The molecular formula is C22H31F2N7O2. The van der Waals surface area contributed by atoms with Crippen molar-refractivity contribution in [3.8, 4) is 11.4 Å². The van der Waals surface area contributed by atoms with E-state index < -0.39 is 6.43 Å². The molecule has 4 heterocycles. The molecule has 0 saturated carbocycles. The molecule has 2 N–H and O–H groups in total. The number of alkyl halides is 2. The van der Waals surface area contributed by atoms with Gasteiger partial charge in [0.1, 0.15) is 5.82 Å². The minimum absolute atomic E-state index is 0.0268. The van der Waals surface area contributed by atoms with Gasteiger partial charge in [0, 0.05) is 30.4 Å². The van der Waals surface area contributed by atoms with Crippen LogP contribution in [0.2, 0.25) is 0 Å². The van der Waals surface area contributed by atoms with Gasteiger partial charge in [-0.05, 0) is 18.9 Å². The molecule has 180 valence electrons. The number of nitrogen functional groups attached to an aromatic ring is 1. The third kappa shape index (κ3) is 5.14. The highest BCUT2D eigenvalue weighted by Crippen LogP contribution is 2.32. The molecule has 9 nitrogen and oxygen atoms in total. The van der Waals surface area contributed by atoms with Crippen molar-refractivity contribution >= 4 is 17.7 Å². The maximum atomic E-state index is 13.9. The van der Waals surface area contributed by atoms with Gasteiger partial charge < -0.3 is 25.0 Å². The highest BCUT2D eigenvalue weighted by molar-refractivity contribution is 5.64. The zero-order valence-corrected chi connectivity index (χ0v) is 19.1. The van der Waals surface area contributed by atoms with Crippen LogP contribution in [0.3, 0.4) is 0 Å². The van der Waals surface area contributed by atoms with Gasteiger partial charge in [-0.25, -0.2) is 13.8 Å². The summed E-state index contributed by atoms with van der Waals surface area (Å²) >= 11 is 0. The van der Waals surface area contributed by atoms with Crippen molar-refractivity contribution in [2.45, 2.75) is 51.6 Å². The van der Waals surface area contributed by atoms with Crippen LogP contribution in [0.25, 0.3) is 11.4 Å². The monoisotopic (exact) mass is 463 g/mol. The largest absolute Gasteiger partial charge is 0.384 e. The van der Waals surface area contributed by atoms with Gasteiger partial charge in [-0.15, -0.1) is 0 Å². The number of ether oxygens (including phenoxy) is 2. The molecule has 33 heavy (non-hydrogen) atoms. The van der Waals surface area contributed by atoms with Crippen LogP contribution in [0, 0.1) is 0 Å². The van der Waals surface area contributed by atoms with E-state index >= 15 is 0 Å². The van der Waals surface area contributed by atoms with E-state index in [1.165, 1.54) is 12.3 Å². The van der Waals surface area contributed by atoms with Crippen molar-refractivity contribution < 1.29 is 18.3 Å². The zero-order chi connectivity index (χ0) is 23.4. The Morgan fingerprint density at radius 2 is 1.67 bits per heavy atom. The summed E-state index contributed by atoms with van der Waals surface area (Å²) in [6, 6.07) is 1.39. The Morgan fingerprint density at radius 3 is 2.27 bits per heavy atom. The van der Waals surface area contributed by atoms with Crippen LogP contribution >= 0.6 is 0 Å². The lowest BCUT2D eigenvalue weighted by molar-refractivity contribution is 0.0898. The maximum Gasteiger partial charge on any atom is 0.264 e. The molecule has 2 atom stereocenters. The van der Waals surface area contributed by atoms with Crippen LogP contribution in [-0.2, 0) is 9.47 Å². The fraction of sp³-hybridized carbons (Fsp3) is 0.636. The minimum atomic E-state index is -2.74. The fourth-order valence-electron chi connectivity index (χ4n) is 4.33. The number of nitrogens with zero attached hydrogens (tertiary/aromatic N) is 6. The van der Waals surface area contributed by atoms with Crippen LogP contribution in [0.5, 0.6) is 0 Å². The van der Waals surface area contributed by atoms with Crippen LogP contribution in [-0.4, -0.2) is 71.5 Å². The molecule has 4 rings (SSSR count). The molecule has 0 aromatic carbocycles. The fourth-order valence-corrected chi connectivity index (χ4v) is 4.33. The highest BCUT2D eigenvalue weighted by Gasteiger charge is 2.30. The predicted molar refractivity (Wildman–Crippen MR) is 122 cm³/mol. The molecule has 0 bridgehead atoms. The number of halogens is 2. The van der Waals surface area contributed by atoms with E-state index in [9.17, 15) is 8.78 Å². The Balaban J connectivity index is 1.84. The van der Waals surface area contributed by atoms with Gasteiger partial charge in [0.2, 0.25) is 11.9 Å². The molecule has 2 saturated heterocycles. The van der Waals surface area contributed by atoms with Gasteiger partial charge in [-0.3, -0.25) is 0 Å². The van der Waals surface area contributed by atoms with Crippen LogP contribution in [0.1, 0.15) is 45.1 Å². The van der Waals surface area contributed by atoms with E-state index in [4.69, 9.17) is 20.2 Å². The number of anilines is 3. The molecule has 2 aromatic rings. The van der Waals surface area contributed by atoms with Gasteiger partial charge >= 0.3 is 0 Å². The molecule has 0 amide bonds. The first-order chi connectivity index (χ1) is 16.0. The number of morpholine rings is 2. The lowest BCUT2D eigenvalue weighted by atomic mass is 10.1. The summed E-state index contributed by atoms with van der Waals surface area (Å²) in [6.45, 7) is 7.67. The molecular weight excluding hydrogens is 432 g/mol. The normalized spacial score (nSPS) is 21.6. The van der Waals surface area contributed by atoms with Crippen molar-refractivity contribution in [2.75, 3.05) is 55.1 Å². The first kappa shape index (κ1) is 23.5. The quantitative estimate of drug-likeness (QED) is 0.663. The predicted octanol–water partition coefficient (Wildman–Crippen LogP) is 3.07. The van der Waals surface area contributed by atoms with E-state index in [1.807, 2.05) is 0 Å². The molecule has 2 aliphatic rings. The second-order valence-electron chi connectivity index (χ2n) is 8.30. The molecule has 2 fully saturated rings. The summed E-state index contributed by atoms with van der Waals surface area (Å²) in [5, 5.41) is 0. The lowest BCUT2D eigenvalue weighted by Gasteiger charge is -2.38. The molecule has 11 heteroatoms. The van der Waals surface area contributed by atoms with E-state index in [-0.39, 0.29) is 34.9 Å². The first-order valence-electron chi connectivity index (χ1n) is 11.5. The summed E-state index contributed by atoms with van der Waals surface area (Å²) in [4.78, 5) is 22.3. The Hall–Kier alpha value is -2.66. The number of hydrogen-bond acceptors (Lipinski definition) is 9. The summed E-state index contributed by atoms with van der Waals surface area (Å²) in [7, 11) is 0. The van der Waals surface area contributed by atoms with Crippen molar-refractivity contribution in [2.24, 2.45) is 0 Å². The summed E-state index contributed by atoms with van der Waals surface area (Å²) in [6.07, 6.45) is 1.32. The van der Waals surface area contributed by atoms with Crippen molar-refractivity contribution in [3.63, 3.8) is 0 Å². The zero-order valence-electron chi connectivity index (χ0n) is 19.1. The standard InChI is InChI=1S/C22H31F2N7O2/c1-3-5-15-13-33-9-7-31(15)22-28-20(17-11-26-18(25)10-16(17)19(23)24)27-21(29-22)30-6-8-32-12-14(30)4-2/h10-11,14-15,19H,3-9,12-13H2,1-2H3,(H2,25,26)/t14-,15-/m1/s1. The second kappa shape index (κ2) is 10.5.